The monoisotopic (exact) mass is 570 g/mol. The van der Waals surface area contributed by atoms with E-state index in [1.54, 1.807) is 50.2 Å². The third-order valence-electron chi connectivity index (χ3n) is 6.34. The van der Waals surface area contributed by atoms with Crippen molar-refractivity contribution in [2.75, 3.05) is 0 Å². The first kappa shape index (κ1) is 27.5. The first-order valence-corrected chi connectivity index (χ1v) is 13.4. The van der Waals surface area contributed by atoms with E-state index in [0.717, 1.165) is 0 Å². The number of benzene rings is 1. The van der Waals surface area contributed by atoms with Gasteiger partial charge in [0, 0.05) is 24.2 Å². The zero-order valence-electron chi connectivity index (χ0n) is 21.5. The van der Waals surface area contributed by atoms with E-state index in [9.17, 15) is 29.2 Å². The second kappa shape index (κ2) is 10.1. The van der Waals surface area contributed by atoms with Crippen molar-refractivity contribution in [1.82, 2.24) is 29.1 Å². The fraction of sp³-hybridized carbons (Fsp3) is 0.154. The summed E-state index contributed by atoms with van der Waals surface area (Å²) in [5, 5.41) is 18.4. The molecule has 4 aromatic heterocycles. The highest BCUT2D eigenvalue weighted by Gasteiger charge is 2.23. The van der Waals surface area contributed by atoms with Crippen molar-refractivity contribution in [3.05, 3.63) is 87.2 Å². The van der Waals surface area contributed by atoms with Gasteiger partial charge in [0.05, 0.1) is 39.3 Å². The number of fused-ring (bicyclic) bond motifs is 3. The average molecular weight is 570 g/mol. The second-order valence-corrected chi connectivity index (χ2v) is 10.6. The Morgan fingerprint density at radius 1 is 1.00 bits per heavy atom. The zero-order valence-corrected chi connectivity index (χ0v) is 22.4. The molecule has 0 saturated carbocycles. The Morgan fingerprint density at radius 2 is 1.68 bits per heavy atom. The fourth-order valence-corrected chi connectivity index (χ4v) is 4.41. The van der Waals surface area contributed by atoms with E-state index in [1.165, 1.54) is 23.2 Å². The smallest absolute Gasteiger partial charge is 0.303 e. The van der Waals surface area contributed by atoms with Gasteiger partial charge in [0.15, 0.2) is 0 Å². The van der Waals surface area contributed by atoms with Gasteiger partial charge < -0.3 is 9.79 Å². The highest BCUT2D eigenvalue weighted by atomic mass is 31.2. The van der Waals surface area contributed by atoms with Crippen molar-refractivity contribution in [3.8, 4) is 29.1 Å². The molecular weight excluding hydrogens is 551 g/mol. The van der Waals surface area contributed by atoms with E-state index >= 15 is 0 Å². The van der Waals surface area contributed by atoms with E-state index in [1.807, 2.05) is 6.07 Å². The molecule has 0 fully saturated rings. The summed E-state index contributed by atoms with van der Waals surface area (Å²) in [6.07, 6.45) is 4.06. The standard InChI is InChI=1S/C26H19N8O6P/c1-26(2,13-28)16-3-5-17(6-4-16)34-23-18(24(35)33(25(34)36)14-40-41(37,38)39)12-29-20-8-7-19(32-22(20)23)15-10-30-21(9-27)31-11-15/h3-8,10-12H,14H2,1-2H3,(H2,37,38,39). The molecule has 0 aliphatic rings. The molecule has 0 aliphatic heterocycles. The number of nitriles is 2. The van der Waals surface area contributed by atoms with Crippen molar-refractivity contribution in [3.63, 3.8) is 0 Å². The van der Waals surface area contributed by atoms with Crippen molar-refractivity contribution in [1.29, 1.82) is 10.5 Å². The third kappa shape index (κ3) is 5.12. The predicted molar refractivity (Wildman–Crippen MR) is 144 cm³/mol. The van der Waals surface area contributed by atoms with Crippen LogP contribution < -0.4 is 11.2 Å². The minimum Gasteiger partial charge on any atom is -0.303 e. The topological polar surface area (TPSA) is 210 Å². The maximum absolute atomic E-state index is 13.8. The Balaban J connectivity index is 1.84. The summed E-state index contributed by atoms with van der Waals surface area (Å²) >= 11 is 0. The lowest BCUT2D eigenvalue weighted by Gasteiger charge is -2.18. The normalized spacial score (nSPS) is 11.9. The van der Waals surface area contributed by atoms with Gasteiger partial charge in [0.2, 0.25) is 5.82 Å². The molecule has 5 rings (SSSR count). The molecule has 0 aliphatic carbocycles. The van der Waals surface area contributed by atoms with E-state index in [0.29, 0.717) is 26.9 Å². The number of rotatable bonds is 6. The molecule has 14 nitrogen and oxygen atoms in total. The summed E-state index contributed by atoms with van der Waals surface area (Å²) in [5.41, 5.74) is -0.295. The Kier molecular flexibility index (Phi) is 6.78. The maximum atomic E-state index is 13.8. The Labute approximate surface area is 230 Å². The van der Waals surface area contributed by atoms with E-state index < -0.39 is 31.2 Å². The van der Waals surface area contributed by atoms with Crippen LogP contribution in [-0.4, -0.2) is 38.9 Å². The SMILES string of the molecule is CC(C)(C#N)c1ccc(-n2c(=O)n(COP(=O)(O)O)c(=O)c3cnc4ccc(-c5cnc(C#N)nc5)nc4c32)cc1. The maximum Gasteiger partial charge on any atom is 0.471 e. The molecule has 15 heteroatoms. The van der Waals surface area contributed by atoms with Crippen LogP contribution in [0.15, 0.2) is 64.6 Å². The summed E-state index contributed by atoms with van der Waals surface area (Å²) in [6.45, 7) is 2.45. The molecule has 204 valence electrons. The van der Waals surface area contributed by atoms with Gasteiger partial charge in [-0.3, -0.25) is 18.9 Å². The number of nitrogens with zero attached hydrogens (tertiary/aromatic N) is 8. The van der Waals surface area contributed by atoms with E-state index in [2.05, 4.69) is 30.5 Å². The minimum absolute atomic E-state index is 0.0309. The molecule has 5 aromatic rings. The lowest BCUT2D eigenvalue weighted by Crippen LogP contribution is -2.40. The number of phosphoric ester groups is 1. The first-order chi connectivity index (χ1) is 19.4. The van der Waals surface area contributed by atoms with Crippen LogP contribution >= 0.6 is 7.82 Å². The van der Waals surface area contributed by atoms with Crippen molar-refractivity contribution >= 4 is 29.8 Å². The number of hydrogen-bond donors (Lipinski definition) is 2. The molecule has 0 atom stereocenters. The molecule has 0 radical (unpaired) electrons. The number of pyridine rings is 2. The lowest BCUT2D eigenvalue weighted by molar-refractivity contribution is 0.148. The predicted octanol–water partition coefficient (Wildman–Crippen LogP) is 2.29. The molecule has 0 saturated heterocycles. The Hall–Kier alpha value is -5.11. The van der Waals surface area contributed by atoms with Crippen molar-refractivity contribution in [2.24, 2.45) is 0 Å². The number of phosphoric acid groups is 1. The Bertz CT molecular complexity index is 2090. The third-order valence-corrected chi connectivity index (χ3v) is 6.79. The van der Waals surface area contributed by atoms with Gasteiger partial charge >= 0.3 is 13.5 Å². The van der Waals surface area contributed by atoms with Crippen LogP contribution in [-0.2, 0) is 21.2 Å². The fourth-order valence-electron chi connectivity index (χ4n) is 4.14. The summed E-state index contributed by atoms with van der Waals surface area (Å²) in [7, 11) is -5.03. The number of hydrogen-bond acceptors (Lipinski definition) is 10. The van der Waals surface area contributed by atoms with Gasteiger partial charge in [0.1, 0.15) is 18.3 Å². The van der Waals surface area contributed by atoms with Crippen LogP contribution in [0.5, 0.6) is 0 Å². The lowest BCUT2D eigenvalue weighted by atomic mass is 9.86. The Morgan fingerprint density at radius 3 is 2.29 bits per heavy atom. The summed E-state index contributed by atoms with van der Waals surface area (Å²) < 4.78 is 17.6. The molecule has 0 bridgehead atoms. The molecule has 0 amide bonds. The summed E-state index contributed by atoms with van der Waals surface area (Å²) in [4.78, 5) is 62.4. The number of aromatic nitrogens is 6. The summed E-state index contributed by atoms with van der Waals surface area (Å²) in [6, 6.07) is 13.8. The second-order valence-electron chi connectivity index (χ2n) is 9.38. The highest BCUT2D eigenvalue weighted by Crippen LogP contribution is 2.36. The van der Waals surface area contributed by atoms with Crippen LogP contribution in [0.25, 0.3) is 38.9 Å². The summed E-state index contributed by atoms with van der Waals surface area (Å²) in [5.74, 6) is -0.0309. The van der Waals surface area contributed by atoms with Gasteiger partial charge in [-0.2, -0.15) is 10.5 Å². The minimum atomic E-state index is -5.03. The largest absolute Gasteiger partial charge is 0.471 e. The average Bonchev–Trinajstić information content (AvgIpc) is 2.96. The van der Waals surface area contributed by atoms with Crippen LogP contribution in [0.2, 0.25) is 0 Å². The van der Waals surface area contributed by atoms with Crippen molar-refractivity contribution < 1.29 is 18.9 Å². The van der Waals surface area contributed by atoms with E-state index in [4.69, 9.17) is 5.26 Å². The molecule has 4 heterocycles. The van der Waals surface area contributed by atoms with Gasteiger partial charge in [-0.25, -0.2) is 28.9 Å². The van der Waals surface area contributed by atoms with Crippen LogP contribution in [0.4, 0.5) is 0 Å². The molecule has 41 heavy (non-hydrogen) atoms. The van der Waals surface area contributed by atoms with Crippen molar-refractivity contribution in [2.45, 2.75) is 26.0 Å². The molecular formula is C26H19N8O6P. The molecule has 1 aromatic carbocycles. The highest BCUT2D eigenvalue weighted by molar-refractivity contribution is 7.46. The van der Waals surface area contributed by atoms with Crippen LogP contribution in [0.3, 0.4) is 0 Å². The first-order valence-electron chi connectivity index (χ1n) is 11.8. The quantitative estimate of drug-likeness (QED) is 0.222. The van der Waals surface area contributed by atoms with E-state index in [-0.39, 0.29) is 27.9 Å². The van der Waals surface area contributed by atoms with Gasteiger partial charge in [-0.05, 0) is 43.7 Å². The van der Waals surface area contributed by atoms with Gasteiger partial charge in [-0.1, -0.05) is 12.1 Å². The molecule has 2 N–H and O–H groups in total. The van der Waals surface area contributed by atoms with Gasteiger partial charge in [0.25, 0.3) is 5.56 Å². The van der Waals surface area contributed by atoms with Crippen LogP contribution in [0, 0.1) is 22.7 Å². The molecule has 0 unspecified atom stereocenters. The zero-order chi connectivity index (χ0) is 29.5. The van der Waals surface area contributed by atoms with Gasteiger partial charge in [-0.15, -0.1) is 0 Å². The van der Waals surface area contributed by atoms with Crippen LogP contribution in [0.1, 0.15) is 25.2 Å². The molecule has 0 spiro atoms.